The number of amides is 2. The number of anilines is 2. The van der Waals surface area contributed by atoms with E-state index in [9.17, 15) is 28.5 Å². The summed E-state index contributed by atoms with van der Waals surface area (Å²) in [7, 11) is 0. The van der Waals surface area contributed by atoms with Gasteiger partial charge in [-0.05, 0) is 12.1 Å². The Morgan fingerprint density at radius 1 is 1.24 bits per heavy atom. The third-order valence-electron chi connectivity index (χ3n) is 5.85. The molecule has 37 heavy (non-hydrogen) atoms. The maximum absolute atomic E-state index is 14.4. The van der Waals surface area contributed by atoms with Crippen molar-refractivity contribution in [3.05, 3.63) is 71.5 Å². The van der Waals surface area contributed by atoms with Gasteiger partial charge in [0, 0.05) is 6.07 Å². The molecule has 0 aliphatic carbocycles. The number of nitriles is 2. The van der Waals surface area contributed by atoms with Crippen molar-refractivity contribution in [3.63, 3.8) is 0 Å². The van der Waals surface area contributed by atoms with Gasteiger partial charge in [0.1, 0.15) is 23.2 Å². The fourth-order valence-corrected chi connectivity index (χ4v) is 4.30. The molecule has 11 nitrogen and oxygen atoms in total. The first-order valence-electron chi connectivity index (χ1n) is 10.3. The van der Waals surface area contributed by atoms with Gasteiger partial charge in [0.25, 0.3) is 0 Å². The van der Waals surface area contributed by atoms with Gasteiger partial charge in [-0.25, -0.2) is 24.0 Å². The molecule has 1 atom stereocenters. The van der Waals surface area contributed by atoms with Crippen molar-refractivity contribution in [2.24, 2.45) is 0 Å². The summed E-state index contributed by atoms with van der Waals surface area (Å²) >= 11 is 5.91. The van der Waals surface area contributed by atoms with Crippen molar-refractivity contribution in [2.45, 2.75) is 11.6 Å². The second kappa shape index (κ2) is 8.32. The van der Waals surface area contributed by atoms with Crippen molar-refractivity contribution < 1.29 is 18.0 Å². The monoisotopic (exact) mass is 524 g/mol. The van der Waals surface area contributed by atoms with Gasteiger partial charge in [-0.2, -0.15) is 33.9 Å². The molecule has 0 aromatic carbocycles. The molecule has 0 saturated heterocycles. The summed E-state index contributed by atoms with van der Waals surface area (Å²) in [6.45, 7) is 2.55. The summed E-state index contributed by atoms with van der Waals surface area (Å²) in [6, 6.07) is 6.86. The van der Waals surface area contributed by atoms with Gasteiger partial charge in [-0.3, -0.25) is 4.90 Å². The molecule has 0 spiro atoms. The van der Waals surface area contributed by atoms with Gasteiger partial charge in [0.15, 0.2) is 16.6 Å². The quantitative estimate of drug-likeness (QED) is 0.402. The second-order valence-electron chi connectivity index (χ2n) is 7.87. The summed E-state index contributed by atoms with van der Waals surface area (Å²) < 4.78 is 45.4. The minimum atomic E-state index is -4.84. The first-order valence-corrected chi connectivity index (χ1v) is 10.7. The van der Waals surface area contributed by atoms with Crippen LogP contribution < -0.4 is 10.2 Å². The molecular weight excluding hydrogens is 513 g/mol. The summed E-state index contributed by atoms with van der Waals surface area (Å²) in [6.07, 6.45) is -0.457. The average molecular weight is 525 g/mol. The molecule has 184 valence electrons. The molecule has 0 unspecified atom stereocenters. The zero-order chi connectivity index (χ0) is 26.5. The maximum Gasteiger partial charge on any atom is 0.405 e. The Morgan fingerprint density at radius 2 is 2.03 bits per heavy atom. The summed E-state index contributed by atoms with van der Waals surface area (Å²) in [5.41, 5.74) is -3.00. The Bertz CT molecular complexity index is 1680. The highest BCUT2D eigenvalue weighted by Crippen LogP contribution is 2.51. The third kappa shape index (κ3) is 3.54. The lowest BCUT2D eigenvalue weighted by atomic mass is 9.85. The molecule has 1 aliphatic heterocycles. The molecular formula is C22H12ClF3N10O. The number of nitrogens with one attached hydrogen (secondary N) is 1. The topological polar surface area (TPSA) is 141 Å². The Morgan fingerprint density at radius 3 is 2.70 bits per heavy atom. The highest BCUT2D eigenvalue weighted by molar-refractivity contribution is 6.29. The molecule has 4 aromatic rings. The van der Waals surface area contributed by atoms with Gasteiger partial charge in [0.05, 0.1) is 47.8 Å². The lowest BCUT2D eigenvalue weighted by Crippen LogP contribution is -2.47. The fraction of sp³-hybridized carbons (Fsp3) is 0.136. The molecule has 0 radical (unpaired) electrons. The molecule has 1 aliphatic rings. The van der Waals surface area contributed by atoms with Crippen LogP contribution in [0.1, 0.15) is 17.0 Å². The van der Waals surface area contributed by atoms with Crippen molar-refractivity contribution in [1.82, 2.24) is 29.4 Å². The second-order valence-corrected chi connectivity index (χ2v) is 8.25. The predicted octanol–water partition coefficient (Wildman–Crippen LogP) is 3.74. The number of fused-ring (bicyclic) bond motifs is 3. The Labute approximate surface area is 210 Å². The van der Waals surface area contributed by atoms with Crippen LogP contribution in [0, 0.1) is 22.7 Å². The molecule has 15 heteroatoms. The molecule has 1 N–H and O–H groups in total. The van der Waals surface area contributed by atoms with Crippen LogP contribution in [0.15, 0.2) is 49.4 Å². The lowest BCUT2D eigenvalue weighted by Gasteiger charge is -2.29. The number of hydrogen-bond acceptors (Lipinski definition) is 7. The number of urea groups is 1. The number of pyridine rings is 1. The van der Waals surface area contributed by atoms with Crippen LogP contribution in [0.3, 0.4) is 0 Å². The molecule has 5 heterocycles. The predicted molar refractivity (Wildman–Crippen MR) is 123 cm³/mol. The van der Waals surface area contributed by atoms with Gasteiger partial charge in [0.2, 0.25) is 0 Å². The fourth-order valence-electron chi connectivity index (χ4n) is 4.13. The van der Waals surface area contributed by atoms with Crippen molar-refractivity contribution in [2.75, 3.05) is 16.8 Å². The number of aromatic nitrogens is 6. The van der Waals surface area contributed by atoms with Gasteiger partial charge >= 0.3 is 12.2 Å². The van der Waals surface area contributed by atoms with E-state index in [2.05, 4.69) is 32.1 Å². The van der Waals surface area contributed by atoms with Crippen LogP contribution in [0.2, 0.25) is 5.15 Å². The van der Waals surface area contributed by atoms with Crippen molar-refractivity contribution >= 4 is 34.7 Å². The molecule has 0 saturated carbocycles. The molecule has 2 amide bonds. The van der Waals surface area contributed by atoms with E-state index in [0.29, 0.717) is 0 Å². The van der Waals surface area contributed by atoms with Crippen LogP contribution in [-0.2, 0) is 5.41 Å². The molecule has 5 rings (SSSR count). The lowest BCUT2D eigenvalue weighted by molar-refractivity contribution is -0.172. The highest BCUT2D eigenvalue weighted by atomic mass is 35.5. The zero-order valence-electron chi connectivity index (χ0n) is 18.4. The van der Waals surface area contributed by atoms with E-state index in [0.717, 1.165) is 26.4 Å². The number of carbonyl (C=O) groups excluding carboxylic acids is 1. The minimum absolute atomic E-state index is 0.0248. The van der Waals surface area contributed by atoms with Crippen LogP contribution in [0.25, 0.3) is 11.5 Å². The van der Waals surface area contributed by atoms with E-state index in [1.165, 1.54) is 30.6 Å². The van der Waals surface area contributed by atoms with Gasteiger partial charge < -0.3 is 5.32 Å². The first-order chi connectivity index (χ1) is 17.6. The number of halogens is 4. The van der Waals surface area contributed by atoms with Gasteiger partial charge in [-0.1, -0.05) is 17.7 Å². The molecule has 4 aromatic heterocycles. The van der Waals surface area contributed by atoms with Crippen LogP contribution in [0.5, 0.6) is 0 Å². The first kappa shape index (κ1) is 23.8. The number of alkyl halides is 3. The molecule has 0 fully saturated rings. The zero-order valence-corrected chi connectivity index (χ0v) is 19.2. The van der Waals surface area contributed by atoms with E-state index in [4.69, 9.17) is 11.6 Å². The van der Waals surface area contributed by atoms with E-state index in [-0.39, 0.29) is 44.9 Å². The number of carbonyl (C=O) groups is 1. The summed E-state index contributed by atoms with van der Waals surface area (Å²) in [5, 5.41) is 29.1. The number of rotatable bonds is 3. The minimum Gasteiger partial charge on any atom is -0.306 e. The van der Waals surface area contributed by atoms with Crippen LogP contribution in [-0.4, -0.2) is 48.1 Å². The largest absolute Gasteiger partial charge is 0.405 e. The normalized spacial score (nSPS) is 16.8. The SMILES string of the molecule is C=C[C@@]1(C(F)(F)F)CN(C(=O)Nc2cnc(-n3nccc3C#N)c(C#N)c2)c2cnc3cc(Cl)nn3c21. The Kier molecular flexibility index (Phi) is 5.35. The molecule has 0 bridgehead atoms. The van der Waals surface area contributed by atoms with Gasteiger partial charge in [-0.15, -0.1) is 6.58 Å². The van der Waals surface area contributed by atoms with E-state index in [1.54, 1.807) is 0 Å². The van der Waals surface area contributed by atoms with E-state index >= 15 is 0 Å². The third-order valence-corrected chi connectivity index (χ3v) is 6.04. The van der Waals surface area contributed by atoms with Crippen LogP contribution in [0.4, 0.5) is 29.3 Å². The smallest absolute Gasteiger partial charge is 0.306 e. The highest BCUT2D eigenvalue weighted by Gasteiger charge is 2.62. The van der Waals surface area contributed by atoms with E-state index < -0.39 is 24.2 Å². The maximum atomic E-state index is 14.4. The van der Waals surface area contributed by atoms with Crippen LogP contribution >= 0.6 is 11.6 Å². The number of hydrogen-bond donors (Lipinski definition) is 1. The Hall–Kier alpha value is -4.95. The summed E-state index contributed by atoms with van der Waals surface area (Å²) in [4.78, 5) is 22.3. The van der Waals surface area contributed by atoms with Crippen molar-refractivity contribution in [1.29, 1.82) is 10.5 Å². The van der Waals surface area contributed by atoms with E-state index in [1.807, 2.05) is 12.1 Å². The standard InChI is InChI=1S/C22H12ClF3N10O/c1-2-21(22(24,25)26)11-34(15-10-29-17-6-16(23)33-36(17)18(15)21)20(37)32-13-5-12(7-27)19(30-9-13)35-14(8-28)3-4-31-35/h2-6,9-10H,1,11H2,(H,32,37)/t21-/m1/s1. The number of nitrogens with zero attached hydrogens (tertiary/aromatic N) is 9. The average Bonchev–Trinajstić information content (AvgIpc) is 3.57. The van der Waals surface area contributed by atoms with Crippen molar-refractivity contribution in [3.8, 4) is 18.0 Å². The Balaban J connectivity index is 1.55. The summed E-state index contributed by atoms with van der Waals surface area (Å²) in [5.74, 6) is 0.0402.